The zero-order chi connectivity index (χ0) is 14.8. The molecule has 0 bridgehead atoms. The smallest absolute Gasteiger partial charge is 0.354 e. The molecule has 2 aliphatic heterocycles. The standard InChI is InChI=1S/C15H19N3O3/c19-14(10-3-4-13(15(20)21)16-9-10)17-11-5-7-18-6-1-2-12(18)8-11/h3-4,9,11-12H,1-2,5-8H2,(H,17,19)(H,20,21). The maximum Gasteiger partial charge on any atom is 0.354 e. The topological polar surface area (TPSA) is 82.5 Å². The molecular formula is C15H19N3O3. The number of aromatic nitrogens is 1. The van der Waals surface area contributed by atoms with Crippen LogP contribution in [0.15, 0.2) is 18.3 Å². The van der Waals surface area contributed by atoms with Crippen molar-refractivity contribution in [1.82, 2.24) is 15.2 Å². The highest BCUT2D eigenvalue weighted by molar-refractivity contribution is 5.95. The number of carbonyl (C=O) groups excluding carboxylic acids is 1. The van der Waals surface area contributed by atoms with Crippen LogP contribution in [0.5, 0.6) is 0 Å². The van der Waals surface area contributed by atoms with Crippen LogP contribution < -0.4 is 5.32 Å². The molecule has 6 heteroatoms. The Hall–Kier alpha value is -1.95. The summed E-state index contributed by atoms with van der Waals surface area (Å²) < 4.78 is 0. The molecule has 112 valence electrons. The third kappa shape index (κ3) is 3.05. The van der Waals surface area contributed by atoms with Gasteiger partial charge in [-0.15, -0.1) is 0 Å². The van der Waals surface area contributed by atoms with Crippen molar-refractivity contribution in [1.29, 1.82) is 0 Å². The van der Waals surface area contributed by atoms with E-state index in [9.17, 15) is 9.59 Å². The second kappa shape index (κ2) is 5.81. The van der Waals surface area contributed by atoms with E-state index in [-0.39, 0.29) is 17.6 Å². The highest BCUT2D eigenvalue weighted by Gasteiger charge is 2.32. The van der Waals surface area contributed by atoms with Crippen molar-refractivity contribution in [3.63, 3.8) is 0 Å². The number of amides is 1. The average Bonchev–Trinajstić information content (AvgIpc) is 2.95. The number of fused-ring (bicyclic) bond motifs is 1. The summed E-state index contributed by atoms with van der Waals surface area (Å²) >= 11 is 0. The Balaban J connectivity index is 1.59. The number of hydrogen-bond donors (Lipinski definition) is 2. The number of nitrogens with one attached hydrogen (secondary N) is 1. The largest absolute Gasteiger partial charge is 0.477 e. The van der Waals surface area contributed by atoms with E-state index in [1.807, 2.05) is 0 Å². The second-order valence-electron chi connectivity index (χ2n) is 5.76. The van der Waals surface area contributed by atoms with Crippen molar-refractivity contribution >= 4 is 11.9 Å². The van der Waals surface area contributed by atoms with Gasteiger partial charge < -0.3 is 15.3 Å². The van der Waals surface area contributed by atoms with Crippen molar-refractivity contribution < 1.29 is 14.7 Å². The predicted octanol–water partition coefficient (Wildman–Crippen LogP) is 1.14. The summed E-state index contributed by atoms with van der Waals surface area (Å²) in [6.45, 7) is 2.23. The number of nitrogens with zero attached hydrogens (tertiary/aromatic N) is 2. The summed E-state index contributed by atoms with van der Waals surface area (Å²) in [5, 5.41) is 11.8. The van der Waals surface area contributed by atoms with E-state index in [1.165, 1.54) is 37.7 Å². The zero-order valence-corrected chi connectivity index (χ0v) is 11.8. The van der Waals surface area contributed by atoms with E-state index in [0.717, 1.165) is 19.4 Å². The molecule has 1 aromatic rings. The molecule has 21 heavy (non-hydrogen) atoms. The van der Waals surface area contributed by atoms with Crippen molar-refractivity contribution in [2.45, 2.75) is 37.8 Å². The minimum absolute atomic E-state index is 0.0502. The van der Waals surface area contributed by atoms with Gasteiger partial charge in [-0.3, -0.25) is 4.79 Å². The van der Waals surface area contributed by atoms with Crippen LogP contribution in [-0.4, -0.2) is 52.0 Å². The second-order valence-corrected chi connectivity index (χ2v) is 5.76. The first-order valence-corrected chi connectivity index (χ1v) is 7.38. The number of piperidine rings is 1. The number of hydrogen-bond acceptors (Lipinski definition) is 4. The van der Waals surface area contributed by atoms with E-state index >= 15 is 0 Å². The number of carboxylic acids is 1. The molecular weight excluding hydrogens is 270 g/mol. The first kappa shape index (κ1) is 14.0. The van der Waals surface area contributed by atoms with Gasteiger partial charge in [0.2, 0.25) is 0 Å². The summed E-state index contributed by atoms with van der Waals surface area (Å²) in [4.78, 5) is 29.2. The first-order valence-electron chi connectivity index (χ1n) is 7.38. The fourth-order valence-corrected chi connectivity index (χ4v) is 3.28. The van der Waals surface area contributed by atoms with Crippen LogP contribution in [0.25, 0.3) is 0 Å². The van der Waals surface area contributed by atoms with E-state index in [0.29, 0.717) is 11.6 Å². The molecule has 0 saturated carbocycles. The van der Waals surface area contributed by atoms with Crippen molar-refractivity contribution in [3.05, 3.63) is 29.6 Å². The van der Waals surface area contributed by atoms with E-state index in [1.54, 1.807) is 0 Å². The van der Waals surface area contributed by atoms with Gasteiger partial charge in [-0.1, -0.05) is 0 Å². The zero-order valence-electron chi connectivity index (χ0n) is 11.8. The van der Waals surface area contributed by atoms with Crippen LogP contribution in [0.1, 0.15) is 46.5 Å². The summed E-state index contributed by atoms with van der Waals surface area (Å²) in [5.74, 6) is -1.26. The highest BCUT2D eigenvalue weighted by Crippen LogP contribution is 2.26. The third-order valence-electron chi connectivity index (χ3n) is 4.40. The lowest BCUT2D eigenvalue weighted by atomic mass is 9.97. The van der Waals surface area contributed by atoms with Gasteiger partial charge >= 0.3 is 5.97 Å². The lowest BCUT2D eigenvalue weighted by molar-refractivity contribution is 0.0689. The Morgan fingerprint density at radius 3 is 2.86 bits per heavy atom. The molecule has 1 aromatic heterocycles. The molecule has 3 heterocycles. The fraction of sp³-hybridized carbons (Fsp3) is 0.533. The molecule has 0 aliphatic carbocycles. The molecule has 0 radical (unpaired) electrons. The van der Waals surface area contributed by atoms with Crippen LogP contribution in [0.2, 0.25) is 0 Å². The molecule has 3 rings (SSSR count). The average molecular weight is 289 g/mol. The first-order chi connectivity index (χ1) is 10.1. The minimum Gasteiger partial charge on any atom is -0.477 e. The van der Waals surface area contributed by atoms with Gasteiger partial charge in [-0.05, 0) is 44.4 Å². The number of carboxylic acid groups (broad SMARTS) is 1. The molecule has 2 fully saturated rings. The lowest BCUT2D eigenvalue weighted by Crippen LogP contribution is -2.47. The van der Waals surface area contributed by atoms with E-state index in [2.05, 4.69) is 15.2 Å². The van der Waals surface area contributed by atoms with Gasteiger partial charge in [-0.2, -0.15) is 0 Å². The normalized spacial score (nSPS) is 25.3. The predicted molar refractivity (Wildman–Crippen MR) is 76.3 cm³/mol. The molecule has 0 spiro atoms. The van der Waals surface area contributed by atoms with Crippen LogP contribution in [-0.2, 0) is 0 Å². The van der Waals surface area contributed by atoms with E-state index < -0.39 is 5.97 Å². The molecule has 0 aromatic carbocycles. The Morgan fingerprint density at radius 1 is 1.29 bits per heavy atom. The summed E-state index contributed by atoms with van der Waals surface area (Å²) in [7, 11) is 0. The van der Waals surface area contributed by atoms with Crippen LogP contribution >= 0.6 is 0 Å². The summed E-state index contributed by atoms with van der Waals surface area (Å²) in [6, 6.07) is 3.68. The quantitative estimate of drug-likeness (QED) is 0.872. The van der Waals surface area contributed by atoms with Crippen molar-refractivity contribution in [2.75, 3.05) is 13.1 Å². The van der Waals surface area contributed by atoms with Crippen molar-refractivity contribution in [3.8, 4) is 0 Å². The van der Waals surface area contributed by atoms with Gasteiger partial charge in [0, 0.05) is 24.8 Å². The van der Waals surface area contributed by atoms with Gasteiger partial charge in [0.05, 0.1) is 5.56 Å². The number of carbonyl (C=O) groups is 2. The Bertz CT molecular complexity index is 544. The maximum atomic E-state index is 12.2. The van der Waals surface area contributed by atoms with Crippen LogP contribution in [0.3, 0.4) is 0 Å². The summed E-state index contributed by atoms with van der Waals surface area (Å²) in [5.41, 5.74) is 0.361. The van der Waals surface area contributed by atoms with Gasteiger partial charge in [0.1, 0.15) is 5.69 Å². The van der Waals surface area contributed by atoms with Gasteiger partial charge in [0.15, 0.2) is 0 Å². The third-order valence-corrected chi connectivity index (χ3v) is 4.40. The molecule has 2 N–H and O–H groups in total. The minimum atomic E-state index is -1.09. The lowest BCUT2D eigenvalue weighted by Gasteiger charge is -2.35. The molecule has 2 saturated heterocycles. The Labute approximate surface area is 123 Å². The number of pyridine rings is 1. The maximum absolute atomic E-state index is 12.2. The molecule has 2 unspecified atom stereocenters. The number of aromatic carboxylic acids is 1. The highest BCUT2D eigenvalue weighted by atomic mass is 16.4. The van der Waals surface area contributed by atoms with Crippen LogP contribution in [0.4, 0.5) is 0 Å². The molecule has 1 amide bonds. The van der Waals surface area contributed by atoms with Gasteiger partial charge in [0.25, 0.3) is 5.91 Å². The van der Waals surface area contributed by atoms with Gasteiger partial charge in [-0.25, -0.2) is 9.78 Å². The summed E-state index contributed by atoms with van der Waals surface area (Å²) in [6.07, 6.45) is 5.78. The molecule has 2 aliphatic rings. The SMILES string of the molecule is O=C(NC1CCN2CCCC2C1)c1ccc(C(=O)O)nc1. The number of rotatable bonds is 3. The molecule has 6 nitrogen and oxygen atoms in total. The fourth-order valence-electron chi connectivity index (χ4n) is 3.28. The van der Waals surface area contributed by atoms with E-state index in [4.69, 9.17) is 5.11 Å². The van der Waals surface area contributed by atoms with Crippen LogP contribution in [0, 0.1) is 0 Å². The Morgan fingerprint density at radius 2 is 2.14 bits per heavy atom. The molecule has 2 atom stereocenters. The van der Waals surface area contributed by atoms with Crippen molar-refractivity contribution in [2.24, 2.45) is 0 Å². The monoisotopic (exact) mass is 289 g/mol. The Kier molecular flexibility index (Phi) is 3.88.